The number of carbonyl (C=O) groups excluding carboxylic acids is 1. The second-order valence-electron chi connectivity index (χ2n) is 9.49. The van der Waals surface area contributed by atoms with Gasteiger partial charge in [-0.3, -0.25) is 4.98 Å². The summed E-state index contributed by atoms with van der Waals surface area (Å²) in [6.07, 6.45) is 7.05. The van der Waals surface area contributed by atoms with Gasteiger partial charge < -0.3 is 15.1 Å². The summed E-state index contributed by atoms with van der Waals surface area (Å²) in [5.41, 5.74) is 2.78. The van der Waals surface area contributed by atoms with Crippen molar-refractivity contribution in [3.63, 3.8) is 0 Å². The van der Waals surface area contributed by atoms with E-state index in [0.717, 1.165) is 28.8 Å². The van der Waals surface area contributed by atoms with Crippen LogP contribution in [0.5, 0.6) is 0 Å². The van der Waals surface area contributed by atoms with E-state index in [-0.39, 0.29) is 23.9 Å². The first-order valence-corrected chi connectivity index (χ1v) is 11.7. The van der Waals surface area contributed by atoms with Crippen molar-refractivity contribution in [3.8, 4) is 11.1 Å². The molecule has 2 heterocycles. The predicted octanol–water partition coefficient (Wildman–Crippen LogP) is 4.93. The van der Waals surface area contributed by atoms with Crippen molar-refractivity contribution in [1.29, 1.82) is 0 Å². The van der Waals surface area contributed by atoms with Crippen LogP contribution in [0.1, 0.15) is 51.8 Å². The fourth-order valence-corrected chi connectivity index (χ4v) is 5.81. The highest BCUT2D eigenvalue weighted by Gasteiger charge is 2.62. The Balaban J connectivity index is 1.59. The molecule has 2 N–H and O–H groups in total. The summed E-state index contributed by atoms with van der Waals surface area (Å²) in [4.78, 5) is 17.0. The van der Waals surface area contributed by atoms with Gasteiger partial charge in [0.25, 0.3) is 0 Å². The Kier molecular flexibility index (Phi) is 6.39. The maximum atomic E-state index is 12.4. The molecule has 6 heteroatoms. The third kappa shape index (κ3) is 4.20. The number of cyclic esters (lactones) is 1. The first-order chi connectivity index (χ1) is 15.8. The van der Waals surface area contributed by atoms with Crippen molar-refractivity contribution in [2.75, 3.05) is 0 Å². The van der Waals surface area contributed by atoms with Crippen LogP contribution in [0.4, 0.5) is 0 Å². The lowest BCUT2D eigenvalue weighted by molar-refractivity contribution is -0.160. The molecule has 6 nitrogen and oxygen atoms in total. The normalized spacial score (nSPS) is 32.1. The van der Waals surface area contributed by atoms with Crippen molar-refractivity contribution in [3.05, 3.63) is 59.9 Å². The number of nitrogens with zero attached hydrogens (tertiary/aromatic N) is 2. The maximum Gasteiger partial charge on any atom is 0.338 e. The topological polar surface area (TPSA) is 92.0 Å². The third-order valence-electron chi connectivity index (χ3n) is 7.49. The molecule has 1 aromatic carbocycles. The van der Waals surface area contributed by atoms with Crippen molar-refractivity contribution >= 4 is 17.8 Å². The molecule has 6 unspecified atom stereocenters. The second kappa shape index (κ2) is 9.10. The number of carbonyl (C=O) groups is 1. The van der Waals surface area contributed by atoms with Gasteiger partial charge in [-0.1, -0.05) is 55.8 Å². The van der Waals surface area contributed by atoms with E-state index in [1.54, 1.807) is 6.92 Å². The number of hydrogen-bond donors (Lipinski definition) is 2. The van der Waals surface area contributed by atoms with E-state index in [9.17, 15) is 9.90 Å². The lowest BCUT2D eigenvalue weighted by Gasteiger charge is -2.45. The molecule has 1 saturated carbocycles. The van der Waals surface area contributed by atoms with E-state index in [1.807, 2.05) is 55.6 Å². The smallest absolute Gasteiger partial charge is 0.338 e. The second-order valence-corrected chi connectivity index (χ2v) is 9.49. The molecule has 1 aromatic heterocycles. The number of rotatable bonds is 5. The summed E-state index contributed by atoms with van der Waals surface area (Å²) < 4.78 is 5.47. The zero-order valence-corrected chi connectivity index (χ0v) is 19.6. The van der Waals surface area contributed by atoms with Gasteiger partial charge in [0.05, 0.1) is 11.4 Å². The Labute approximate surface area is 195 Å². The van der Waals surface area contributed by atoms with E-state index in [2.05, 4.69) is 30.1 Å². The number of pyridine rings is 1. The highest BCUT2D eigenvalue weighted by Crippen LogP contribution is 2.52. The maximum absolute atomic E-state index is 12.4. The number of aromatic nitrogens is 1. The van der Waals surface area contributed by atoms with Gasteiger partial charge in [-0.2, -0.15) is 0 Å². The first kappa shape index (κ1) is 23.2. The fourth-order valence-electron chi connectivity index (χ4n) is 5.81. The van der Waals surface area contributed by atoms with Gasteiger partial charge in [0.1, 0.15) is 6.10 Å². The van der Waals surface area contributed by atoms with Gasteiger partial charge in [-0.25, -0.2) is 4.79 Å². The van der Waals surface area contributed by atoms with Gasteiger partial charge in [0.15, 0.2) is 5.60 Å². The lowest BCUT2D eigenvalue weighted by atomic mass is 9.59. The minimum Gasteiger partial charge on any atom is -0.460 e. The molecule has 4 rings (SSSR count). The Morgan fingerprint density at radius 2 is 2.06 bits per heavy atom. The van der Waals surface area contributed by atoms with Gasteiger partial charge >= 0.3 is 5.97 Å². The predicted molar refractivity (Wildman–Crippen MR) is 128 cm³/mol. The molecule has 6 atom stereocenters. The van der Waals surface area contributed by atoms with Crippen LogP contribution >= 0.6 is 0 Å². The Morgan fingerprint density at radius 3 is 2.73 bits per heavy atom. The number of fused-ring (bicyclic) bond motifs is 1. The SMILES string of the molecule is CCC1C(C)CC2(O)C(=O)OC(C)C2C1/C=C/c1ccc(-c2cccc(/C(C)=N\O)c2)cn1. The van der Waals surface area contributed by atoms with E-state index in [1.165, 1.54) is 0 Å². The van der Waals surface area contributed by atoms with Crippen molar-refractivity contribution in [2.24, 2.45) is 28.8 Å². The Bertz CT molecular complexity index is 1080. The summed E-state index contributed by atoms with van der Waals surface area (Å²) in [6.45, 7) is 7.92. The molecule has 0 bridgehead atoms. The summed E-state index contributed by atoms with van der Waals surface area (Å²) in [7, 11) is 0. The highest BCUT2D eigenvalue weighted by molar-refractivity contribution is 5.99. The van der Waals surface area contributed by atoms with Crippen LogP contribution in [0.15, 0.2) is 53.8 Å². The summed E-state index contributed by atoms with van der Waals surface area (Å²) in [5, 5.41) is 23.5. The zero-order valence-electron chi connectivity index (χ0n) is 19.6. The van der Waals surface area contributed by atoms with Crippen LogP contribution < -0.4 is 0 Å². The molecule has 1 saturated heterocycles. The minimum absolute atomic E-state index is 0.0316. The Hall–Kier alpha value is -2.99. The summed E-state index contributed by atoms with van der Waals surface area (Å²) in [5.74, 6) is -0.116. The van der Waals surface area contributed by atoms with Gasteiger partial charge in [0, 0.05) is 17.7 Å². The van der Waals surface area contributed by atoms with Crippen molar-refractivity contribution < 1.29 is 19.8 Å². The van der Waals surface area contributed by atoms with Crippen LogP contribution in [-0.2, 0) is 9.53 Å². The number of esters is 1. The molecule has 33 heavy (non-hydrogen) atoms. The monoisotopic (exact) mass is 448 g/mol. The zero-order chi connectivity index (χ0) is 23.8. The largest absolute Gasteiger partial charge is 0.460 e. The van der Waals surface area contributed by atoms with Crippen LogP contribution in [0.25, 0.3) is 17.2 Å². The molecule has 2 aliphatic rings. The van der Waals surface area contributed by atoms with Gasteiger partial charge in [-0.15, -0.1) is 0 Å². The quantitative estimate of drug-likeness (QED) is 0.293. The van der Waals surface area contributed by atoms with E-state index in [0.29, 0.717) is 18.1 Å². The van der Waals surface area contributed by atoms with Crippen LogP contribution in [0, 0.1) is 23.7 Å². The molecule has 174 valence electrons. The van der Waals surface area contributed by atoms with E-state index >= 15 is 0 Å². The molecule has 0 amide bonds. The number of ether oxygens (including phenoxy) is 1. The molecule has 0 radical (unpaired) electrons. The average molecular weight is 449 g/mol. The molecular formula is C27H32N2O4. The lowest BCUT2D eigenvalue weighted by Crippen LogP contribution is -2.53. The number of allylic oxidation sites excluding steroid dienone is 1. The minimum atomic E-state index is -1.40. The molecule has 1 aliphatic carbocycles. The van der Waals surface area contributed by atoms with Gasteiger partial charge in [0.2, 0.25) is 0 Å². The van der Waals surface area contributed by atoms with Crippen LogP contribution in [-0.4, -0.2) is 38.7 Å². The van der Waals surface area contributed by atoms with Crippen LogP contribution in [0.2, 0.25) is 0 Å². The fraction of sp³-hybridized carbons (Fsp3) is 0.444. The Morgan fingerprint density at radius 1 is 1.27 bits per heavy atom. The van der Waals surface area contributed by atoms with E-state index in [4.69, 9.17) is 9.94 Å². The number of oxime groups is 1. The molecule has 2 aromatic rings. The summed E-state index contributed by atoms with van der Waals surface area (Å²) in [6, 6.07) is 11.8. The van der Waals surface area contributed by atoms with E-state index < -0.39 is 11.6 Å². The highest BCUT2D eigenvalue weighted by atomic mass is 16.6. The van der Waals surface area contributed by atoms with Crippen LogP contribution in [0.3, 0.4) is 0 Å². The molecule has 0 spiro atoms. The molecular weight excluding hydrogens is 416 g/mol. The third-order valence-corrected chi connectivity index (χ3v) is 7.49. The van der Waals surface area contributed by atoms with Crippen molar-refractivity contribution in [2.45, 2.75) is 52.2 Å². The number of hydrogen-bond acceptors (Lipinski definition) is 6. The number of benzene rings is 1. The molecule has 1 aliphatic heterocycles. The average Bonchev–Trinajstić information content (AvgIpc) is 3.04. The van der Waals surface area contributed by atoms with Crippen molar-refractivity contribution in [1.82, 2.24) is 4.98 Å². The first-order valence-electron chi connectivity index (χ1n) is 11.7. The summed E-state index contributed by atoms with van der Waals surface area (Å²) >= 11 is 0. The van der Waals surface area contributed by atoms with Gasteiger partial charge in [-0.05, 0) is 67.4 Å². The molecule has 2 fully saturated rings. The number of aliphatic hydroxyl groups is 1. The standard InChI is InChI=1S/C27H32N2O4/c1-5-23-16(2)14-27(31)25(18(4)33-26(27)30)24(23)12-11-22-10-9-21(15-28-22)20-8-6-7-19(13-20)17(3)29-32/h6-13,15-16,18,23-25,31-32H,5,14H2,1-4H3/b12-11+,29-17-.